The highest BCUT2D eigenvalue weighted by molar-refractivity contribution is 5.79. The molecule has 0 aliphatic heterocycles. The largest absolute Gasteiger partial charge is 0.383 e. The van der Waals surface area contributed by atoms with Crippen molar-refractivity contribution in [1.82, 2.24) is 15.5 Å². The second-order valence-electron chi connectivity index (χ2n) is 5.03. The van der Waals surface area contributed by atoms with Gasteiger partial charge in [-0.05, 0) is 26.4 Å². The maximum atomic E-state index is 5.41. The third-order valence-electron chi connectivity index (χ3n) is 3.10. The molecule has 0 bridgehead atoms. The summed E-state index contributed by atoms with van der Waals surface area (Å²) in [5.74, 6) is 0.844. The first kappa shape index (κ1) is 21.1. The average Bonchev–Trinajstić information content (AvgIpc) is 2.53. The Bertz CT molecular complexity index is 265. The van der Waals surface area contributed by atoms with Crippen molar-refractivity contribution in [2.45, 2.75) is 12.8 Å². The van der Waals surface area contributed by atoms with E-state index in [9.17, 15) is 0 Å². The maximum Gasteiger partial charge on any atom is 0.190 e. The second-order valence-corrected chi connectivity index (χ2v) is 5.03. The molecule has 0 saturated heterocycles. The van der Waals surface area contributed by atoms with E-state index in [4.69, 9.17) is 14.2 Å². The zero-order valence-electron chi connectivity index (χ0n) is 14.7. The summed E-state index contributed by atoms with van der Waals surface area (Å²) in [6, 6.07) is 0. The molecule has 132 valence electrons. The van der Waals surface area contributed by atoms with Gasteiger partial charge in [0.05, 0.1) is 19.8 Å². The van der Waals surface area contributed by atoms with Crippen molar-refractivity contribution in [1.29, 1.82) is 0 Å². The predicted molar refractivity (Wildman–Crippen MR) is 90.7 cm³/mol. The first-order valence-electron chi connectivity index (χ1n) is 7.93. The van der Waals surface area contributed by atoms with Crippen LogP contribution in [-0.4, -0.2) is 91.8 Å². The van der Waals surface area contributed by atoms with Gasteiger partial charge in [-0.15, -0.1) is 0 Å². The number of methoxy groups -OCH3 is 2. The molecule has 0 spiro atoms. The summed E-state index contributed by atoms with van der Waals surface area (Å²) in [5, 5.41) is 6.59. The lowest BCUT2D eigenvalue weighted by molar-refractivity contribution is 0.0698. The lowest BCUT2D eigenvalue weighted by atomic mass is 10.4. The molecule has 0 unspecified atom stereocenters. The SMILES string of the molecule is CN=C(NCCCOCCOC)NCCCN(C)CCOC. The maximum absolute atomic E-state index is 5.41. The van der Waals surface area contributed by atoms with Crippen LogP contribution in [0.3, 0.4) is 0 Å². The van der Waals surface area contributed by atoms with Gasteiger partial charge in [-0.3, -0.25) is 4.99 Å². The van der Waals surface area contributed by atoms with Crippen molar-refractivity contribution in [2.75, 3.05) is 80.9 Å². The van der Waals surface area contributed by atoms with E-state index in [1.807, 2.05) is 0 Å². The highest BCUT2D eigenvalue weighted by atomic mass is 16.5. The monoisotopic (exact) mass is 318 g/mol. The molecule has 0 atom stereocenters. The third-order valence-corrected chi connectivity index (χ3v) is 3.10. The van der Waals surface area contributed by atoms with Gasteiger partial charge in [0.1, 0.15) is 0 Å². The van der Waals surface area contributed by atoms with Gasteiger partial charge in [-0.25, -0.2) is 0 Å². The zero-order valence-corrected chi connectivity index (χ0v) is 14.7. The Morgan fingerprint density at radius 1 is 0.909 bits per heavy atom. The standard InChI is InChI=1S/C15H34N4O3/c1-16-15(18-8-6-11-22-14-13-21-4)17-7-5-9-19(2)10-12-20-3/h5-14H2,1-4H3,(H2,16,17,18). The molecule has 22 heavy (non-hydrogen) atoms. The molecule has 0 radical (unpaired) electrons. The number of nitrogens with one attached hydrogen (secondary N) is 2. The Hall–Kier alpha value is -0.890. The van der Waals surface area contributed by atoms with E-state index >= 15 is 0 Å². The number of nitrogens with zero attached hydrogens (tertiary/aromatic N) is 2. The van der Waals surface area contributed by atoms with E-state index < -0.39 is 0 Å². The van der Waals surface area contributed by atoms with E-state index in [1.54, 1.807) is 21.3 Å². The normalized spacial score (nSPS) is 12.0. The molecule has 0 aromatic rings. The Labute approximate surface area is 135 Å². The van der Waals surface area contributed by atoms with Gasteiger partial charge in [0.25, 0.3) is 0 Å². The molecule has 7 heteroatoms. The highest BCUT2D eigenvalue weighted by Gasteiger charge is 1.99. The van der Waals surface area contributed by atoms with Crippen molar-refractivity contribution < 1.29 is 14.2 Å². The molecule has 2 N–H and O–H groups in total. The van der Waals surface area contributed by atoms with Crippen LogP contribution in [0, 0.1) is 0 Å². The van der Waals surface area contributed by atoms with Crippen LogP contribution in [-0.2, 0) is 14.2 Å². The lowest BCUT2D eigenvalue weighted by Crippen LogP contribution is -2.39. The van der Waals surface area contributed by atoms with Gasteiger partial charge < -0.3 is 29.7 Å². The number of hydrogen-bond donors (Lipinski definition) is 2. The first-order valence-corrected chi connectivity index (χ1v) is 7.93. The average molecular weight is 318 g/mol. The molecular weight excluding hydrogens is 284 g/mol. The number of aliphatic imine (C=N–C) groups is 1. The third kappa shape index (κ3) is 14.1. The topological polar surface area (TPSA) is 67.4 Å². The number of rotatable bonds is 14. The van der Waals surface area contributed by atoms with Gasteiger partial charge in [0, 0.05) is 47.5 Å². The van der Waals surface area contributed by atoms with E-state index in [0.717, 1.165) is 58.2 Å². The van der Waals surface area contributed by atoms with Crippen molar-refractivity contribution >= 4 is 5.96 Å². The second kappa shape index (κ2) is 16.5. The zero-order chi connectivity index (χ0) is 16.5. The summed E-state index contributed by atoms with van der Waals surface area (Å²) >= 11 is 0. The van der Waals surface area contributed by atoms with Crippen LogP contribution in [0.1, 0.15) is 12.8 Å². The summed E-state index contributed by atoms with van der Waals surface area (Å²) in [4.78, 5) is 6.46. The number of ether oxygens (including phenoxy) is 3. The molecule has 0 saturated carbocycles. The summed E-state index contributed by atoms with van der Waals surface area (Å²) in [5.41, 5.74) is 0. The lowest BCUT2D eigenvalue weighted by Gasteiger charge is -2.17. The van der Waals surface area contributed by atoms with Crippen molar-refractivity contribution in [3.63, 3.8) is 0 Å². The molecule has 0 amide bonds. The van der Waals surface area contributed by atoms with Crippen LogP contribution in [0.25, 0.3) is 0 Å². The van der Waals surface area contributed by atoms with Crippen LogP contribution in [0.4, 0.5) is 0 Å². The molecule has 7 nitrogen and oxygen atoms in total. The summed E-state index contributed by atoms with van der Waals surface area (Å²) < 4.78 is 15.4. The van der Waals surface area contributed by atoms with E-state index in [2.05, 4.69) is 27.6 Å². The fraction of sp³-hybridized carbons (Fsp3) is 0.933. The molecule has 0 aliphatic carbocycles. The van der Waals surface area contributed by atoms with Gasteiger partial charge >= 0.3 is 0 Å². The van der Waals surface area contributed by atoms with Crippen molar-refractivity contribution in [3.8, 4) is 0 Å². The van der Waals surface area contributed by atoms with Gasteiger partial charge in [0.15, 0.2) is 5.96 Å². The minimum atomic E-state index is 0.648. The molecular formula is C15H34N4O3. The summed E-state index contributed by atoms with van der Waals surface area (Å²) in [7, 11) is 7.30. The van der Waals surface area contributed by atoms with Crippen LogP contribution < -0.4 is 10.6 Å². The number of hydrogen-bond acceptors (Lipinski definition) is 5. The summed E-state index contributed by atoms with van der Waals surface area (Å²) in [6.07, 6.45) is 2.02. The highest BCUT2D eigenvalue weighted by Crippen LogP contribution is 1.87. The summed E-state index contributed by atoms with van der Waals surface area (Å²) in [6.45, 7) is 6.57. The molecule has 0 aromatic carbocycles. The Morgan fingerprint density at radius 2 is 1.59 bits per heavy atom. The minimum absolute atomic E-state index is 0.648. The Kier molecular flexibility index (Phi) is 15.8. The minimum Gasteiger partial charge on any atom is -0.383 e. The Morgan fingerprint density at radius 3 is 2.23 bits per heavy atom. The predicted octanol–water partition coefficient (Wildman–Crippen LogP) is 0.173. The van der Waals surface area contributed by atoms with Crippen molar-refractivity contribution in [3.05, 3.63) is 0 Å². The molecule has 0 rings (SSSR count). The smallest absolute Gasteiger partial charge is 0.190 e. The molecule has 0 heterocycles. The molecule has 0 aromatic heterocycles. The van der Waals surface area contributed by atoms with Crippen LogP contribution in [0.2, 0.25) is 0 Å². The van der Waals surface area contributed by atoms with E-state index in [-0.39, 0.29) is 0 Å². The van der Waals surface area contributed by atoms with Gasteiger partial charge in [-0.1, -0.05) is 0 Å². The fourth-order valence-electron chi connectivity index (χ4n) is 1.76. The van der Waals surface area contributed by atoms with Crippen LogP contribution in [0.15, 0.2) is 4.99 Å². The fourth-order valence-corrected chi connectivity index (χ4v) is 1.76. The molecule has 0 aliphatic rings. The van der Waals surface area contributed by atoms with Gasteiger partial charge in [0.2, 0.25) is 0 Å². The van der Waals surface area contributed by atoms with Crippen LogP contribution >= 0.6 is 0 Å². The quantitative estimate of drug-likeness (QED) is 0.270. The van der Waals surface area contributed by atoms with Crippen molar-refractivity contribution in [2.24, 2.45) is 4.99 Å². The first-order chi connectivity index (χ1) is 10.7. The van der Waals surface area contributed by atoms with Crippen LogP contribution in [0.5, 0.6) is 0 Å². The number of likely N-dealkylation sites (N-methyl/N-ethyl adjacent to an activating group) is 1. The number of guanidine groups is 1. The van der Waals surface area contributed by atoms with E-state index in [1.165, 1.54) is 0 Å². The Balaban J connectivity index is 3.48. The van der Waals surface area contributed by atoms with E-state index in [0.29, 0.717) is 13.2 Å². The van der Waals surface area contributed by atoms with Gasteiger partial charge in [-0.2, -0.15) is 0 Å². The molecule has 0 fully saturated rings.